The summed E-state index contributed by atoms with van der Waals surface area (Å²) in [4.78, 5) is 11.2. The van der Waals surface area contributed by atoms with E-state index >= 15 is 0 Å². The molecule has 0 amide bonds. The Kier molecular flexibility index (Phi) is 3.02. The maximum Gasteiger partial charge on any atom is 0.506 e. The Morgan fingerprint density at radius 2 is 1.72 bits per heavy atom. The predicted molar refractivity (Wildman–Crippen MR) is 60.7 cm³/mol. The lowest BCUT2D eigenvalue weighted by Gasteiger charge is -2.14. The van der Waals surface area contributed by atoms with Crippen molar-refractivity contribution in [2.45, 2.75) is 19.6 Å². The van der Waals surface area contributed by atoms with E-state index in [1.165, 1.54) is 0 Å². The van der Waals surface area contributed by atoms with Gasteiger partial charge in [0.15, 0.2) is 0 Å². The van der Waals surface area contributed by atoms with Gasteiger partial charge >= 0.3 is 6.30 Å². The number of hydrogen-bond acceptors (Lipinski definition) is 1. The lowest BCUT2D eigenvalue weighted by atomic mass is 10.1. The molecule has 0 saturated heterocycles. The minimum absolute atomic E-state index is 0.228. The van der Waals surface area contributed by atoms with Crippen molar-refractivity contribution < 1.29 is 13.2 Å². The van der Waals surface area contributed by atoms with Crippen LogP contribution in [0, 0.1) is 0 Å². The Labute approximate surface area is 101 Å². The highest BCUT2D eigenvalue weighted by Gasteiger charge is 2.35. The van der Waals surface area contributed by atoms with Gasteiger partial charge in [-0.2, -0.15) is 4.68 Å². The molecule has 0 unspecified atom stereocenters. The number of aromatic nitrogens is 2. The summed E-state index contributed by atoms with van der Waals surface area (Å²) in [6.07, 6.45) is -2.82. The number of nitrogens with zero attached hydrogens (tertiary/aromatic N) is 2. The van der Waals surface area contributed by atoms with E-state index in [-0.39, 0.29) is 4.68 Å². The van der Waals surface area contributed by atoms with E-state index in [1.54, 1.807) is 24.3 Å². The standard InChI is InChI=1S/C12H11F3N2O/c1-2-9-3-5-10(6-4-9)16-8-7-11(18)17(16)12(13,14)15/h3-8H,2H2,1H3. The Bertz CT molecular complexity index is 593. The first-order valence-electron chi connectivity index (χ1n) is 5.40. The topological polar surface area (TPSA) is 26.9 Å². The molecule has 1 aromatic heterocycles. The molecule has 0 saturated carbocycles. The van der Waals surface area contributed by atoms with Gasteiger partial charge in [0.25, 0.3) is 5.56 Å². The Hall–Kier alpha value is -1.98. The van der Waals surface area contributed by atoms with Crippen molar-refractivity contribution in [3.05, 3.63) is 52.4 Å². The lowest BCUT2D eigenvalue weighted by molar-refractivity contribution is -0.218. The lowest BCUT2D eigenvalue weighted by Crippen LogP contribution is -2.32. The van der Waals surface area contributed by atoms with Gasteiger partial charge in [0, 0.05) is 12.3 Å². The van der Waals surface area contributed by atoms with Gasteiger partial charge in [-0.3, -0.25) is 9.48 Å². The minimum atomic E-state index is -4.73. The van der Waals surface area contributed by atoms with Crippen LogP contribution in [-0.2, 0) is 12.7 Å². The molecule has 18 heavy (non-hydrogen) atoms. The zero-order chi connectivity index (χ0) is 13.3. The average Bonchev–Trinajstić information content (AvgIpc) is 2.71. The minimum Gasteiger partial charge on any atom is -0.268 e. The molecule has 0 atom stereocenters. The van der Waals surface area contributed by atoms with Crippen LogP contribution in [0.15, 0.2) is 41.3 Å². The van der Waals surface area contributed by atoms with Crippen molar-refractivity contribution in [1.82, 2.24) is 9.36 Å². The van der Waals surface area contributed by atoms with E-state index in [4.69, 9.17) is 0 Å². The number of alkyl halides is 3. The maximum absolute atomic E-state index is 12.7. The van der Waals surface area contributed by atoms with E-state index in [1.807, 2.05) is 6.92 Å². The first-order valence-corrected chi connectivity index (χ1v) is 5.40. The summed E-state index contributed by atoms with van der Waals surface area (Å²) in [6, 6.07) is 7.48. The molecule has 0 N–H and O–H groups in total. The molecule has 96 valence electrons. The summed E-state index contributed by atoms with van der Waals surface area (Å²) in [5, 5.41) is 0. The fourth-order valence-corrected chi connectivity index (χ4v) is 1.71. The summed E-state index contributed by atoms with van der Waals surface area (Å²) in [5.41, 5.74) is 0.223. The van der Waals surface area contributed by atoms with Crippen LogP contribution in [0.5, 0.6) is 0 Å². The number of hydrogen-bond donors (Lipinski definition) is 0. The number of rotatable bonds is 2. The van der Waals surface area contributed by atoms with Gasteiger partial charge in [0.1, 0.15) is 0 Å². The average molecular weight is 256 g/mol. The second-order valence-corrected chi connectivity index (χ2v) is 3.80. The quantitative estimate of drug-likeness (QED) is 0.811. The van der Waals surface area contributed by atoms with Gasteiger partial charge in [-0.25, -0.2) is 0 Å². The largest absolute Gasteiger partial charge is 0.506 e. The summed E-state index contributed by atoms with van der Waals surface area (Å²) in [6.45, 7) is 1.95. The number of benzene rings is 1. The van der Waals surface area contributed by atoms with E-state index in [9.17, 15) is 18.0 Å². The second-order valence-electron chi connectivity index (χ2n) is 3.80. The molecule has 2 rings (SSSR count). The van der Waals surface area contributed by atoms with Crippen LogP contribution in [0.4, 0.5) is 13.2 Å². The van der Waals surface area contributed by atoms with Crippen molar-refractivity contribution >= 4 is 0 Å². The molecule has 0 aliphatic heterocycles. The number of aryl methyl sites for hydroxylation is 1. The predicted octanol–water partition coefficient (Wildman–Crippen LogP) is 2.68. The molecule has 3 nitrogen and oxygen atoms in total. The first kappa shape index (κ1) is 12.5. The molecule has 0 aliphatic rings. The molecular weight excluding hydrogens is 245 g/mol. The van der Waals surface area contributed by atoms with Crippen molar-refractivity contribution in [1.29, 1.82) is 0 Å². The maximum atomic E-state index is 12.7. The van der Waals surface area contributed by atoms with Crippen LogP contribution in [-0.4, -0.2) is 9.36 Å². The summed E-state index contributed by atoms with van der Waals surface area (Å²) >= 11 is 0. The summed E-state index contributed by atoms with van der Waals surface area (Å²) < 4.78 is 38.7. The molecular formula is C12H11F3N2O. The third kappa shape index (κ3) is 2.18. The van der Waals surface area contributed by atoms with E-state index in [0.29, 0.717) is 5.69 Å². The molecule has 1 heterocycles. The molecule has 0 fully saturated rings. The molecule has 6 heteroatoms. The SMILES string of the molecule is CCc1ccc(-n2ccc(=O)n2C(F)(F)F)cc1. The molecule has 0 bridgehead atoms. The van der Waals surface area contributed by atoms with Crippen LogP contribution in [0.1, 0.15) is 12.5 Å². The van der Waals surface area contributed by atoms with Crippen molar-refractivity contribution in [2.75, 3.05) is 0 Å². The van der Waals surface area contributed by atoms with Crippen LogP contribution in [0.2, 0.25) is 0 Å². The van der Waals surface area contributed by atoms with E-state index in [2.05, 4.69) is 0 Å². The molecule has 0 radical (unpaired) electrons. The Morgan fingerprint density at radius 1 is 1.11 bits per heavy atom. The van der Waals surface area contributed by atoms with Crippen LogP contribution in [0.3, 0.4) is 0 Å². The fourth-order valence-electron chi connectivity index (χ4n) is 1.71. The Morgan fingerprint density at radius 3 is 2.22 bits per heavy atom. The van der Waals surface area contributed by atoms with Gasteiger partial charge in [-0.1, -0.05) is 19.1 Å². The fraction of sp³-hybridized carbons (Fsp3) is 0.250. The molecule has 0 spiro atoms. The highest BCUT2D eigenvalue weighted by atomic mass is 19.4. The van der Waals surface area contributed by atoms with Gasteiger partial charge in [-0.15, -0.1) is 13.2 Å². The van der Waals surface area contributed by atoms with Gasteiger partial charge in [0.2, 0.25) is 0 Å². The summed E-state index contributed by atoms with van der Waals surface area (Å²) in [7, 11) is 0. The second kappa shape index (κ2) is 4.36. The van der Waals surface area contributed by atoms with Crippen molar-refractivity contribution in [2.24, 2.45) is 0 Å². The third-order valence-corrected chi connectivity index (χ3v) is 2.63. The van der Waals surface area contributed by atoms with Crippen LogP contribution in [0.25, 0.3) is 5.69 Å². The number of halogens is 3. The zero-order valence-corrected chi connectivity index (χ0v) is 9.61. The van der Waals surface area contributed by atoms with Gasteiger partial charge < -0.3 is 0 Å². The molecule has 0 aliphatic carbocycles. The molecule has 1 aromatic carbocycles. The highest BCUT2D eigenvalue weighted by molar-refractivity contribution is 5.34. The van der Waals surface area contributed by atoms with Crippen LogP contribution < -0.4 is 5.56 Å². The smallest absolute Gasteiger partial charge is 0.268 e. The van der Waals surface area contributed by atoms with Crippen molar-refractivity contribution in [3.63, 3.8) is 0 Å². The summed E-state index contributed by atoms with van der Waals surface area (Å²) in [5.74, 6) is 0. The van der Waals surface area contributed by atoms with Crippen LogP contribution >= 0.6 is 0 Å². The first-order chi connectivity index (χ1) is 8.43. The third-order valence-electron chi connectivity index (χ3n) is 2.63. The van der Waals surface area contributed by atoms with Gasteiger partial charge in [0.05, 0.1) is 5.69 Å². The van der Waals surface area contributed by atoms with E-state index in [0.717, 1.165) is 28.9 Å². The monoisotopic (exact) mass is 256 g/mol. The van der Waals surface area contributed by atoms with Gasteiger partial charge in [-0.05, 0) is 24.1 Å². The van der Waals surface area contributed by atoms with Crippen molar-refractivity contribution in [3.8, 4) is 5.69 Å². The Balaban J connectivity index is 2.54. The highest BCUT2D eigenvalue weighted by Crippen LogP contribution is 2.22. The van der Waals surface area contributed by atoms with E-state index < -0.39 is 11.9 Å². The normalized spacial score (nSPS) is 11.8. The zero-order valence-electron chi connectivity index (χ0n) is 9.61. The molecule has 2 aromatic rings.